The molecule has 1 amide bonds. The number of carbonyl (C=O) groups excluding carboxylic acids is 1. The van der Waals surface area contributed by atoms with Gasteiger partial charge < -0.3 is 14.8 Å². The Balaban J connectivity index is 2.20. The number of nitrogens with one attached hydrogen (secondary N) is 1. The number of rotatable bonds is 5. The van der Waals surface area contributed by atoms with Gasteiger partial charge in [-0.15, -0.1) is 0 Å². The van der Waals surface area contributed by atoms with Crippen LogP contribution in [0.4, 0.5) is 0 Å². The number of carboxylic acids is 1. The highest BCUT2D eigenvalue weighted by Gasteiger charge is 2.23. The summed E-state index contributed by atoms with van der Waals surface area (Å²) in [7, 11) is 0. The van der Waals surface area contributed by atoms with Crippen LogP contribution in [0.25, 0.3) is 11.0 Å². The molecular formula is C15H17NO4. The molecule has 1 aromatic heterocycles. The highest BCUT2D eigenvalue weighted by molar-refractivity contribution is 6.06. The van der Waals surface area contributed by atoms with E-state index in [-0.39, 0.29) is 5.92 Å². The number of fused-ring (bicyclic) bond motifs is 1. The van der Waals surface area contributed by atoms with Gasteiger partial charge in [0.25, 0.3) is 5.91 Å². The average Bonchev–Trinajstić information content (AvgIpc) is 2.81. The van der Waals surface area contributed by atoms with Gasteiger partial charge in [-0.1, -0.05) is 32.0 Å². The predicted octanol–water partition coefficient (Wildman–Crippen LogP) is 2.66. The van der Waals surface area contributed by atoms with Crippen molar-refractivity contribution in [2.24, 2.45) is 5.92 Å². The number of amides is 1. The van der Waals surface area contributed by atoms with Crippen LogP contribution >= 0.6 is 0 Å². The van der Waals surface area contributed by atoms with Gasteiger partial charge in [-0.05, 0) is 18.4 Å². The van der Waals surface area contributed by atoms with Gasteiger partial charge in [0.2, 0.25) is 0 Å². The number of furan rings is 1. The summed E-state index contributed by atoms with van der Waals surface area (Å²) in [6, 6.07) is 6.25. The van der Waals surface area contributed by atoms with E-state index < -0.39 is 17.9 Å². The molecule has 2 aromatic rings. The lowest BCUT2D eigenvalue weighted by Crippen LogP contribution is -2.41. The molecule has 1 aromatic carbocycles. The maximum atomic E-state index is 12.2. The highest BCUT2D eigenvalue weighted by Crippen LogP contribution is 2.20. The van der Waals surface area contributed by atoms with Gasteiger partial charge in [0.15, 0.2) is 0 Å². The third-order valence-corrected chi connectivity index (χ3v) is 3.04. The topological polar surface area (TPSA) is 79.5 Å². The Morgan fingerprint density at radius 3 is 2.65 bits per heavy atom. The Kier molecular flexibility index (Phi) is 4.08. The summed E-state index contributed by atoms with van der Waals surface area (Å²) in [5.41, 5.74) is 0.962. The van der Waals surface area contributed by atoms with Crippen molar-refractivity contribution in [3.63, 3.8) is 0 Å². The third kappa shape index (κ3) is 2.99. The Morgan fingerprint density at radius 2 is 2.00 bits per heavy atom. The Labute approximate surface area is 116 Å². The zero-order valence-electron chi connectivity index (χ0n) is 11.4. The first-order valence-corrected chi connectivity index (χ1v) is 6.49. The molecule has 5 nitrogen and oxygen atoms in total. The summed E-state index contributed by atoms with van der Waals surface area (Å²) in [6.45, 7) is 3.82. The van der Waals surface area contributed by atoms with Crippen LogP contribution in [0.1, 0.15) is 30.6 Å². The second kappa shape index (κ2) is 5.77. The average molecular weight is 275 g/mol. The molecule has 2 N–H and O–H groups in total. The van der Waals surface area contributed by atoms with Gasteiger partial charge in [0, 0.05) is 5.39 Å². The summed E-state index contributed by atoms with van der Waals surface area (Å²) in [6.07, 6.45) is 1.74. The van der Waals surface area contributed by atoms with E-state index in [1.807, 2.05) is 19.9 Å². The minimum atomic E-state index is -1.03. The molecule has 0 radical (unpaired) electrons. The van der Waals surface area contributed by atoms with Crippen LogP contribution < -0.4 is 5.32 Å². The number of benzene rings is 1. The number of para-hydroxylation sites is 1. The van der Waals surface area contributed by atoms with Gasteiger partial charge in [0.05, 0.1) is 5.56 Å². The van der Waals surface area contributed by atoms with Crippen LogP contribution in [0.2, 0.25) is 0 Å². The van der Waals surface area contributed by atoms with E-state index in [0.29, 0.717) is 23.0 Å². The fraction of sp³-hybridized carbons (Fsp3) is 0.333. The monoisotopic (exact) mass is 275 g/mol. The number of hydrogen-bond acceptors (Lipinski definition) is 3. The maximum Gasteiger partial charge on any atom is 0.326 e. The molecule has 0 aliphatic heterocycles. The van der Waals surface area contributed by atoms with E-state index in [1.54, 1.807) is 18.2 Å². The van der Waals surface area contributed by atoms with Crippen molar-refractivity contribution in [3.8, 4) is 0 Å². The summed E-state index contributed by atoms with van der Waals surface area (Å²) < 4.78 is 5.29. The van der Waals surface area contributed by atoms with E-state index in [1.165, 1.54) is 6.26 Å². The smallest absolute Gasteiger partial charge is 0.326 e. The molecule has 1 heterocycles. The Hall–Kier alpha value is -2.30. The standard InChI is InChI=1S/C15H17NO4/c1-9(2)7-12(15(18)19)16-14(17)11-8-20-13-6-4-3-5-10(11)13/h3-6,8-9,12H,7H2,1-2H3,(H,16,17)(H,18,19)/t12-/m1/s1. The molecule has 0 aliphatic rings. The minimum absolute atomic E-state index is 0.178. The van der Waals surface area contributed by atoms with Crippen LogP contribution in [0, 0.1) is 5.92 Å². The highest BCUT2D eigenvalue weighted by atomic mass is 16.4. The lowest BCUT2D eigenvalue weighted by molar-refractivity contribution is -0.139. The first-order chi connectivity index (χ1) is 9.49. The molecule has 0 bridgehead atoms. The third-order valence-electron chi connectivity index (χ3n) is 3.04. The van der Waals surface area contributed by atoms with Crippen molar-refractivity contribution in [1.82, 2.24) is 5.32 Å². The van der Waals surface area contributed by atoms with Crippen LogP contribution in [-0.4, -0.2) is 23.0 Å². The number of aliphatic carboxylic acids is 1. The van der Waals surface area contributed by atoms with E-state index in [9.17, 15) is 9.59 Å². The first-order valence-electron chi connectivity index (χ1n) is 6.49. The normalized spacial score (nSPS) is 12.6. The van der Waals surface area contributed by atoms with Crippen molar-refractivity contribution in [3.05, 3.63) is 36.1 Å². The molecule has 0 aliphatic carbocycles. The fourth-order valence-corrected chi connectivity index (χ4v) is 2.08. The minimum Gasteiger partial charge on any atom is -0.480 e. The predicted molar refractivity (Wildman–Crippen MR) is 74.6 cm³/mol. The van der Waals surface area contributed by atoms with Crippen molar-refractivity contribution in [2.75, 3.05) is 0 Å². The molecular weight excluding hydrogens is 258 g/mol. The molecule has 20 heavy (non-hydrogen) atoms. The molecule has 2 rings (SSSR count). The SMILES string of the molecule is CC(C)C[C@@H](NC(=O)c1coc2ccccc12)C(=O)O. The lowest BCUT2D eigenvalue weighted by atomic mass is 10.0. The molecule has 0 fully saturated rings. The largest absolute Gasteiger partial charge is 0.480 e. The van der Waals surface area contributed by atoms with Crippen molar-refractivity contribution in [2.45, 2.75) is 26.3 Å². The number of hydrogen-bond donors (Lipinski definition) is 2. The van der Waals surface area contributed by atoms with Gasteiger partial charge in [-0.2, -0.15) is 0 Å². The quantitative estimate of drug-likeness (QED) is 0.879. The molecule has 106 valence electrons. The summed E-state index contributed by atoms with van der Waals surface area (Å²) in [5.74, 6) is -1.28. The summed E-state index contributed by atoms with van der Waals surface area (Å²) >= 11 is 0. The van der Waals surface area contributed by atoms with Crippen molar-refractivity contribution < 1.29 is 19.1 Å². The maximum absolute atomic E-state index is 12.2. The van der Waals surface area contributed by atoms with Crippen molar-refractivity contribution >= 4 is 22.8 Å². The zero-order chi connectivity index (χ0) is 14.7. The van der Waals surface area contributed by atoms with Crippen molar-refractivity contribution in [1.29, 1.82) is 0 Å². The van der Waals surface area contributed by atoms with E-state index in [0.717, 1.165) is 0 Å². The van der Waals surface area contributed by atoms with Crippen LogP contribution in [0.3, 0.4) is 0 Å². The first kappa shape index (κ1) is 14.1. The van der Waals surface area contributed by atoms with Gasteiger partial charge in [-0.25, -0.2) is 4.79 Å². The van der Waals surface area contributed by atoms with E-state index >= 15 is 0 Å². The number of carbonyl (C=O) groups is 2. The van der Waals surface area contributed by atoms with E-state index in [2.05, 4.69) is 5.32 Å². The lowest BCUT2D eigenvalue weighted by Gasteiger charge is -2.15. The van der Waals surface area contributed by atoms with Gasteiger partial charge >= 0.3 is 5.97 Å². The molecule has 0 unspecified atom stereocenters. The van der Waals surface area contributed by atoms with E-state index in [4.69, 9.17) is 9.52 Å². The summed E-state index contributed by atoms with van der Waals surface area (Å²) in [4.78, 5) is 23.3. The molecule has 0 saturated heterocycles. The molecule has 1 atom stereocenters. The van der Waals surface area contributed by atoms with Crippen LogP contribution in [0.15, 0.2) is 34.9 Å². The Bertz CT molecular complexity index is 630. The molecule has 0 spiro atoms. The number of carboxylic acid groups (broad SMARTS) is 1. The van der Waals surface area contributed by atoms with Gasteiger partial charge in [0.1, 0.15) is 17.9 Å². The summed E-state index contributed by atoms with van der Waals surface area (Å²) in [5, 5.41) is 12.4. The Morgan fingerprint density at radius 1 is 1.30 bits per heavy atom. The second-order valence-electron chi connectivity index (χ2n) is 5.14. The molecule has 0 saturated carbocycles. The second-order valence-corrected chi connectivity index (χ2v) is 5.14. The molecule has 5 heteroatoms. The zero-order valence-corrected chi connectivity index (χ0v) is 11.4. The van der Waals surface area contributed by atoms with Crippen LogP contribution in [-0.2, 0) is 4.79 Å². The fourth-order valence-electron chi connectivity index (χ4n) is 2.08. The van der Waals surface area contributed by atoms with Gasteiger partial charge in [-0.3, -0.25) is 4.79 Å². The van der Waals surface area contributed by atoms with Crippen LogP contribution in [0.5, 0.6) is 0 Å².